The van der Waals surface area contributed by atoms with Crippen LogP contribution in [0.3, 0.4) is 0 Å². The van der Waals surface area contributed by atoms with Crippen LogP contribution in [0.25, 0.3) is 10.2 Å². The van der Waals surface area contributed by atoms with E-state index < -0.39 is 0 Å². The molecule has 0 bridgehead atoms. The third-order valence-corrected chi connectivity index (χ3v) is 7.56. The largest absolute Gasteiger partial charge is 0.376 e. The third kappa shape index (κ3) is 3.94. The molecule has 0 fully saturated rings. The van der Waals surface area contributed by atoms with Crippen molar-refractivity contribution in [1.82, 2.24) is 14.9 Å². The molecule has 7 nitrogen and oxygen atoms in total. The van der Waals surface area contributed by atoms with Gasteiger partial charge < -0.3 is 20.4 Å². The lowest BCUT2D eigenvalue weighted by Gasteiger charge is -2.22. The monoisotopic (exact) mass is 464 g/mol. The Bertz CT molecular complexity index is 1280. The maximum Gasteiger partial charge on any atom is 0.265 e. The molecule has 0 saturated carbocycles. The Hall–Kier alpha value is -3.01. The summed E-state index contributed by atoms with van der Waals surface area (Å²) in [4.78, 5) is 29.2. The van der Waals surface area contributed by atoms with Crippen LogP contribution in [-0.2, 0) is 13.0 Å². The summed E-state index contributed by atoms with van der Waals surface area (Å²) in [6.45, 7) is 1.98. The molecule has 5 rings (SSSR count). The number of aromatic nitrogens is 2. The summed E-state index contributed by atoms with van der Waals surface area (Å²) in [6.07, 6.45) is 2.61. The summed E-state index contributed by atoms with van der Waals surface area (Å²) in [5.74, 6) is 0.700. The minimum atomic E-state index is -0.110. The van der Waals surface area contributed by atoms with Gasteiger partial charge >= 0.3 is 0 Å². The Morgan fingerprint density at radius 3 is 2.88 bits per heavy atom. The fraction of sp³-hybridized carbons (Fsp3) is 0.261. The van der Waals surface area contributed by atoms with Crippen LogP contribution in [0, 0.1) is 0 Å². The Labute approximate surface area is 194 Å². The SMILES string of the molecule is CN1CCc2c(sc3ncnc(Nc4ccc(N(C)C)c(NC(=O)c5cccs5)c4)c23)C1. The molecule has 1 aliphatic rings. The van der Waals surface area contributed by atoms with Gasteiger partial charge in [0.2, 0.25) is 0 Å². The second-order valence-electron chi connectivity index (χ2n) is 8.08. The molecule has 0 spiro atoms. The molecular formula is C23H24N6OS2. The maximum absolute atomic E-state index is 12.7. The lowest BCUT2D eigenvalue weighted by molar-refractivity contribution is 0.103. The molecule has 1 amide bonds. The van der Waals surface area contributed by atoms with Crippen LogP contribution < -0.4 is 15.5 Å². The van der Waals surface area contributed by atoms with Gasteiger partial charge in [-0.3, -0.25) is 4.79 Å². The number of benzene rings is 1. The van der Waals surface area contributed by atoms with Crippen molar-refractivity contribution < 1.29 is 4.79 Å². The number of carbonyl (C=O) groups excluding carboxylic acids is 1. The minimum Gasteiger partial charge on any atom is -0.376 e. The van der Waals surface area contributed by atoms with Gasteiger partial charge in [-0.05, 0) is 48.7 Å². The molecule has 4 heterocycles. The second kappa shape index (κ2) is 8.50. The van der Waals surface area contributed by atoms with Crippen LogP contribution in [0.4, 0.5) is 22.9 Å². The highest BCUT2D eigenvalue weighted by molar-refractivity contribution is 7.19. The van der Waals surface area contributed by atoms with Gasteiger partial charge in [0.15, 0.2) is 0 Å². The zero-order chi connectivity index (χ0) is 22.2. The van der Waals surface area contributed by atoms with Crippen LogP contribution in [0.2, 0.25) is 0 Å². The van der Waals surface area contributed by atoms with E-state index in [0.717, 1.165) is 52.6 Å². The Morgan fingerprint density at radius 1 is 1.22 bits per heavy atom. The highest BCUT2D eigenvalue weighted by Crippen LogP contribution is 2.38. The van der Waals surface area contributed by atoms with E-state index in [2.05, 4.69) is 32.5 Å². The van der Waals surface area contributed by atoms with Gasteiger partial charge in [0, 0.05) is 37.7 Å². The highest BCUT2D eigenvalue weighted by atomic mass is 32.1. The number of anilines is 4. The first-order chi connectivity index (χ1) is 15.5. The zero-order valence-electron chi connectivity index (χ0n) is 18.2. The van der Waals surface area contributed by atoms with Crippen LogP contribution in [0.15, 0.2) is 42.0 Å². The van der Waals surface area contributed by atoms with Crippen LogP contribution >= 0.6 is 22.7 Å². The van der Waals surface area contributed by atoms with E-state index in [4.69, 9.17) is 0 Å². The summed E-state index contributed by atoms with van der Waals surface area (Å²) in [5.41, 5.74) is 3.90. The number of carbonyl (C=O) groups is 1. The lowest BCUT2D eigenvalue weighted by atomic mass is 10.1. The molecule has 3 aromatic heterocycles. The van der Waals surface area contributed by atoms with Gasteiger partial charge in [-0.25, -0.2) is 9.97 Å². The number of likely N-dealkylation sites (N-methyl/N-ethyl adjacent to an activating group) is 1. The fourth-order valence-corrected chi connectivity index (χ4v) is 5.87. The molecule has 4 aromatic rings. The molecular weight excluding hydrogens is 440 g/mol. The molecule has 2 N–H and O–H groups in total. The van der Waals surface area contributed by atoms with Gasteiger partial charge in [-0.2, -0.15) is 0 Å². The number of rotatable bonds is 5. The smallest absolute Gasteiger partial charge is 0.265 e. The quantitative estimate of drug-likeness (QED) is 0.442. The van der Waals surface area contributed by atoms with Gasteiger partial charge in [0.25, 0.3) is 5.91 Å². The van der Waals surface area contributed by atoms with Crippen molar-refractivity contribution in [1.29, 1.82) is 0 Å². The van der Waals surface area contributed by atoms with Gasteiger partial charge in [0.05, 0.1) is 21.6 Å². The lowest BCUT2D eigenvalue weighted by Crippen LogP contribution is -2.25. The van der Waals surface area contributed by atoms with Crippen LogP contribution in [0.1, 0.15) is 20.1 Å². The number of amides is 1. The summed E-state index contributed by atoms with van der Waals surface area (Å²) in [7, 11) is 6.08. The van der Waals surface area contributed by atoms with Gasteiger partial charge in [-0.1, -0.05) is 6.07 Å². The van der Waals surface area contributed by atoms with Crippen molar-refractivity contribution in [3.8, 4) is 0 Å². The van der Waals surface area contributed by atoms with E-state index in [9.17, 15) is 4.79 Å². The van der Waals surface area contributed by atoms with E-state index in [1.54, 1.807) is 17.7 Å². The van der Waals surface area contributed by atoms with Crippen molar-refractivity contribution >= 4 is 61.7 Å². The second-order valence-corrected chi connectivity index (χ2v) is 10.1. The first-order valence-electron chi connectivity index (χ1n) is 10.4. The molecule has 0 saturated heterocycles. The molecule has 1 aliphatic heterocycles. The predicted molar refractivity (Wildman–Crippen MR) is 134 cm³/mol. The standard InChI is InChI=1S/C23H24N6OS2/c1-28(2)17-7-6-14(11-16(17)27-22(30)18-5-4-10-31-18)26-21-20-15-8-9-29(3)12-19(15)32-23(20)25-13-24-21/h4-7,10-11,13H,8-9,12H2,1-3H3,(H,27,30)(H,24,25,26). The van der Waals surface area contributed by atoms with Gasteiger partial charge in [0.1, 0.15) is 17.0 Å². The number of thiophene rings is 2. The summed E-state index contributed by atoms with van der Waals surface area (Å²) < 4.78 is 0. The Kier molecular flexibility index (Phi) is 5.54. The summed E-state index contributed by atoms with van der Waals surface area (Å²) >= 11 is 3.18. The minimum absolute atomic E-state index is 0.110. The highest BCUT2D eigenvalue weighted by Gasteiger charge is 2.22. The Balaban J connectivity index is 1.49. The topological polar surface area (TPSA) is 73.4 Å². The van der Waals surface area contributed by atoms with Crippen molar-refractivity contribution in [3.05, 3.63) is 57.4 Å². The van der Waals surface area contributed by atoms with Crippen molar-refractivity contribution in [3.63, 3.8) is 0 Å². The number of nitrogens with zero attached hydrogens (tertiary/aromatic N) is 4. The first-order valence-corrected chi connectivity index (χ1v) is 12.1. The van der Waals surface area contributed by atoms with Crippen LogP contribution in [0.5, 0.6) is 0 Å². The molecule has 0 unspecified atom stereocenters. The van der Waals surface area contributed by atoms with Crippen molar-refractivity contribution in [2.75, 3.05) is 43.2 Å². The fourth-order valence-electron chi connectivity index (χ4n) is 3.98. The zero-order valence-corrected chi connectivity index (χ0v) is 19.8. The average molecular weight is 465 g/mol. The molecule has 0 atom stereocenters. The first kappa shape index (κ1) is 20.9. The van der Waals surface area contributed by atoms with E-state index >= 15 is 0 Å². The van der Waals surface area contributed by atoms with Crippen LogP contribution in [-0.4, -0.2) is 48.5 Å². The predicted octanol–water partition coefficient (Wildman–Crippen LogP) is 4.80. The molecule has 0 aliphatic carbocycles. The number of hydrogen-bond donors (Lipinski definition) is 2. The summed E-state index contributed by atoms with van der Waals surface area (Å²) in [5, 5.41) is 9.56. The van der Waals surface area contributed by atoms with E-state index in [-0.39, 0.29) is 5.91 Å². The van der Waals surface area contributed by atoms with E-state index in [1.807, 2.05) is 54.7 Å². The average Bonchev–Trinajstić information content (AvgIpc) is 3.42. The Morgan fingerprint density at radius 2 is 2.09 bits per heavy atom. The number of fused-ring (bicyclic) bond motifs is 3. The molecule has 1 aromatic carbocycles. The third-order valence-electron chi connectivity index (χ3n) is 5.56. The van der Waals surface area contributed by atoms with Crippen molar-refractivity contribution in [2.24, 2.45) is 0 Å². The maximum atomic E-state index is 12.7. The number of hydrogen-bond acceptors (Lipinski definition) is 8. The molecule has 32 heavy (non-hydrogen) atoms. The van der Waals surface area contributed by atoms with E-state index in [0.29, 0.717) is 4.88 Å². The van der Waals surface area contributed by atoms with Gasteiger partial charge in [-0.15, -0.1) is 22.7 Å². The summed E-state index contributed by atoms with van der Waals surface area (Å²) in [6, 6.07) is 9.68. The normalized spacial score (nSPS) is 13.7. The molecule has 164 valence electrons. The molecule has 9 heteroatoms. The van der Waals surface area contributed by atoms with Crippen molar-refractivity contribution in [2.45, 2.75) is 13.0 Å². The number of nitrogens with one attached hydrogen (secondary N) is 2. The van der Waals surface area contributed by atoms with E-state index in [1.165, 1.54) is 21.8 Å². The molecule has 0 radical (unpaired) electrons.